The van der Waals surface area contributed by atoms with Crippen molar-refractivity contribution in [1.82, 2.24) is 24.4 Å². The first-order valence-corrected chi connectivity index (χ1v) is 11.9. The van der Waals surface area contributed by atoms with Gasteiger partial charge in [0.2, 0.25) is 0 Å². The van der Waals surface area contributed by atoms with Gasteiger partial charge >= 0.3 is 0 Å². The summed E-state index contributed by atoms with van der Waals surface area (Å²) >= 11 is 1.87. The zero-order valence-electron chi connectivity index (χ0n) is 18.6. The number of piperidine rings is 1. The van der Waals surface area contributed by atoms with E-state index in [1.165, 1.54) is 63.5 Å². The molecule has 158 valence electrons. The Labute approximate surface area is 182 Å². The Morgan fingerprint density at radius 3 is 2.63 bits per heavy atom. The Balaban J connectivity index is 1.55. The molecule has 5 nitrogen and oxygen atoms in total. The van der Waals surface area contributed by atoms with Crippen molar-refractivity contribution in [2.45, 2.75) is 58.4 Å². The second kappa shape index (κ2) is 7.50. The largest absolute Gasteiger partial charge is 0.345 e. The highest BCUT2D eigenvalue weighted by Gasteiger charge is 2.27. The van der Waals surface area contributed by atoms with Gasteiger partial charge in [-0.05, 0) is 57.8 Å². The zero-order chi connectivity index (χ0) is 21.0. The first-order chi connectivity index (χ1) is 14.4. The summed E-state index contributed by atoms with van der Waals surface area (Å²) in [6.45, 7) is 11.5. The molecule has 0 unspecified atom stereocenters. The fraction of sp³-hybridized carbons (Fsp3) is 0.500. The van der Waals surface area contributed by atoms with Crippen LogP contribution in [0.4, 0.5) is 0 Å². The summed E-state index contributed by atoms with van der Waals surface area (Å²) in [6, 6.07) is 4.83. The van der Waals surface area contributed by atoms with Crippen LogP contribution in [-0.4, -0.2) is 43.6 Å². The Morgan fingerprint density at radius 2 is 1.93 bits per heavy atom. The van der Waals surface area contributed by atoms with E-state index in [2.05, 4.69) is 66.4 Å². The molecule has 0 spiro atoms. The zero-order valence-corrected chi connectivity index (χ0v) is 19.4. The number of nitrogens with zero attached hydrogens (tertiary/aromatic N) is 4. The first-order valence-electron chi connectivity index (χ1n) is 11.1. The van der Waals surface area contributed by atoms with Crippen molar-refractivity contribution in [2.75, 3.05) is 13.1 Å². The summed E-state index contributed by atoms with van der Waals surface area (Å²) < 4.78 is 2.12. The van der Waals surface area contributed by atoms with E-state index in [0.29, 0.717) is 17.9 Å². The molecule has 1 aliphatic heterocycles. The number of aromatic nitrogens is 4. The predicted molar refractivity (Wildman–Crippen MR) is 126 cm³/mol. The number of hydrogen-bond acceptors (Lipinski definition) is 4. The molecule has 0 aliphatic carbocycles. The molecule has 0 aromatic carbocycles. The average molecular weight is 422 g/mol. The molecule has 5 heterocycles. The third kappa shape index (κ3) is 3.17. The average Bonchev–Trinajstić information content (AvgIpc) is 3.38. The minimum absolute atomic E-state index is 0.401. The van der Waals surface area contributed by atoms with Crippen LogP contribution in [0.5, 0.6) is 0 Å². The maximum absolute atomic E-state index is 5.21. The molecular weight excluding hydrogens is 390 g/mol. The molecule has 6 heteroatoms. The fourth-order valence-electron chi connectivity index (χ4n) is 4.93. The Bertz CT molecular complexity index is 1190. The molecule has 1 aliphatic rings. The topological polar surface area (TPSA) is 49.7 Å². The monoisotopic (exact) mass is 421 g/mol. The summed E-state index contributed by atoms with van der Waals surface area (Å²) in [5, 5.41) is 2.50. The number of likely N-dealkylation sites (tertiary alicyclic amines) is 1. The Kier molecular flexibility index (Phi) is 4.94. The predicted octanol–water partition coefficient (Wildman–Crippen LogP) is 5.89. The molecule has 0 saturated carbocycles. The van der Waals surface area contributed by atoms with E-state index in [1.54, 1.807) is 0 Å². The lowest BCUT2D eigenvalue weighted by Gasteiger charge is -2.33. The lowest BCUT2D eigenvalue weighted by Crippen LogP contribution is -2.37. The van der Waals surface area contributed by atoms with Crippen LogP contribution in [-0.2, 0) is 7.05 Å². The van der Waals surface area contributed by atoms with Crippen molar-refractivity contribution < 1.29 is 0 Å². The van der Waals surface area contributed by atoms with Gasteiger partial charge in [-0.3, -0.25) is 0 Å². The van der Waals surface area contributed by atoms with Crippen LogP contribution >= 0.6 is 11.3 Å². The van der Waals surface area contributed by atoms with Crippen molar-refractivity contribution >= 4 is 32.7 Å². The van der Waals surface area contributed by atoms with E-state index in [0.717, 1.165) is 5.65 Å². The van der Waals surface area contributed by atoms with E-state index >= 15 is 0 Å². The molecule has 4 aromatic rings. The first kappa shape index (κ1) is 19.8. The molecule has 0 atom stereocenters. The highest BCUT2D eigenvalue weighted by atomic mass is 32.1. The number of nitrogens with one attached hydrogen (secondary N) is 1. The van der Waals surface area contributed by atoms with Gasteiger partial charge < -0.3 is 14.5 Å². The van der Waals surface area contributed by atoms with Gasteiger partial charge in [0.25, 0.3) is 0 Å². The highest BCUT2D eigenvalue weighted by Crippen LogP contribution is 2.42. The third-order valence-electron chi connectivity index (χ3n) is 6.60. The molecule has 4 aromatic heterocycles. The minimum atomic E-state index is 0.401. The van der Waals surface area contributed by atoms with Gasteiger partial charge in [0.05, 0.1) is 10.7 Å². The van der Waals surface area contributed by atoms with Gasteiger partial charge in [-0.2, -0.15) is 0 Å². The van der Waals surface area contributed by atoms with E-state index in [4.69, 9.17) is 4.98 Å². The molecule has 1 saturated heterocycles. The van der Waals surface area contributed by atoms with Gasteiger partial charge in [-0.15, -0.1) is 11.3 Å². The summed E-state index contributed by atoms with van der Waals surface area (Å²) in [5.74, 6) is 0.995. The maximum Gasteiger partial charge on any atom is 0.140 e. The molecular formula is C24H31N5S. The van der Waals surface area contributed by atoms with E-state index in [1.807, 2.05) is 23.6 Å². The number of thiazole rings is 1. The van der Waals surface area contributed by atoms with Crippen LogP contribution in [0.25, 0.3) is 32.6 Å². The molecule has 0 radical (unpaired) electrons. The van der Waals surface area contributed by atoms with E-state index in [-0.39, 0.29) is 0 Å². The van der Waals surface area contributed by atoms with Crippen molar-refractivity contribution in [3.63, 3.8) is 0 Å². The molecule has 5 rings (SSSR count). The van der Waals surface area contributed by atoms with Gasteiger partial charge in [-0.1, -0.05) is 13.8 Å². The number of fused-ring (bicyclic) bond motifs is 2. The molecule has 1 fully saturated rings. The molecule has 1 N–H and O–H groups in total. The van der Waals surface area contributed by atoms with Crippen molar-refractivity contribution in [2.24, 2.45) is 7.05 Å². The number of rotatable bonds is 4. The number of aryl methyl sites for hydroxylation is 1. The van der Waals surface area contributed by atoms with Gasteiger partial charge in [0, 0.05) is 47.9 Å². The summed E-state index contributed by atoms with van der Waals surface area (Å²) in [5.41, 5.74) is 5.96. The number of aromatic amines is 1. The minimum Gasteiger partial charge on any atom is -0.345 e. The van der Waals surface area contributed by atoms with Crippen LogP contribution in [0, 0.1) is 0 Å². The number of hydrogen-bond donors (Lipinski definition) is 1. The maximum atomic E-state index is 5.21. The van der Waals surface area contributed by atoms with Gasteiger partial charge in [0.15, 0.2) is 0 Å². The number of pyridine rings is 1. The third-order valence-corrected chi connectivity index (χ3v) is 7.73. The lowest BCUT2D eigenvalue weighted by molar-refractivity contribution is 0.172. The van der Waals surface area contributed by atoms with Crippen LogP contribution in [0.2, 0.25) is 0 Å². The van der Waals surface area contributed by atoms with Gasteiger partial charge in [-0.25, -0.2) is 9.97 Å². The van der Waals surface area contributed by atoms with Crippen LogP contribution < -0.4 is 0 Å². The smallest absolute Gasteiger partial charge is 0.140 e. The van der Waals surface area contributed by atoms with Crippen molar-refractivity contribution in [3.8, 4) is 11.3 Å². The second-order valence-electron chi connectivity index (χ2n) is 9.23. The van der Waals surface area contributed by atoms with Crippen molar-refractivity contribution in [1.29, 1.82) is 0 Å². The van der Waals surface area contributed by atoms with Crippen LogP contribution in [0.3, 0.4) is 0 Å². The summed E-state index contributed by atoms with van der Waals surface area (Å²) in [4.78, 5) is 17.3. The lowest BCUT2D eigenvalue weighted by atomic mass is 9.96. The van der Waals surface area contributed by atoms with Crippen molar-refractivity contribution in [3.05, 3.63) is 35.1 Å². The van der Waals surface area contributed by atoms with Crippen LogP contribution in [0.1, 0.15) is 62.9 Å². The van der Waals surface area contributed by atoms with E-state index < -0.39 is 0 Å². The number of H-pyrrole nitrogens is 1. The molecule has 30 heavy (non-hydrogen) atoms. The normalized spacial score (nSPS) is 16.6. The second-order valence-corrected chi connectivity index (χ2v) is 10.3. The fourth-order valence-corrected chi connectivity index (χ4v) is 6.08. The SMILES string of the molecule is CC(C)c1c(-c2cn(C)c3ncccc23)[nH]c2sc(C3CCN(C(C)C)CC3)nc12. The van der Waals surface area contributed by atoms with Crippen LogP contribution in [0.15, 0.2) is 24.5 Å². The summed E-state index contributed by atoms with van der Waals surface area (Å²) in [7, 11) is 2.07. The standard InChI is InChI=1S/C24H31N5S/c1-14(2)19-20(18-13-28(5)22-17(18)7-6-10-25-22)26-24-21(19)27-23(30-24)16-8-11-29(12-9-16)15(3)4/h6-7,10,13-16,26H,8-9,11-12H2,1-5H3. The van der Waals surface area contributed by atoms with Gasteiger partial charge in [0.1, 0.15) is 16.0 Å². The van der Waals surface area contributed by atoms with E-state index in [9.17, 15) is 0 Å². The Hall–Kier alpha value is -2.18. The summed E-state index contributed by atoms with van der Waals surface area (Å²) in [6.07, 6.45) is 6.49. The highest BCUT2D eigenvalue weighted by molar-refractivity contribution is 7.18. The molecule has 0 amide bonds. The molecule has 0 bridgehead atoms. The quantitative estimate of drug-likeness (QED) is 0.447. The Morgan fingerprint density at radius 1 is 1.17 bits per heavy atom.